The zero-order valence-corrected chi connectivity index (χ0v) is 14.4. The van der Waals surface area contributed by atoms with Crippen LogP contribution in [0.4, 0.5) is 0 Å². The molecule has 0 saturated carbocycles. The fourth-order valence-electron chi connectivity index (χ4n) is 0.782. The van der Waals surface area contributed by atoms with E-state index in [2.05, 4.69) is 0 Å². The SMILES string of the molecule is CC(C)[C@H](N)C(=O)O.CC[C@H](C)[C@H](N)C(=O)O.C[C@H](N)C(=O)O. The summed E-state index contributed by atoms with van der Waals surface area (Å²) in [7, 11) is 0. The molecule has 0 aliphatic carbocycles. The van der Waals surface area contributed by atoms with Crippen molar-refractivity contribution in [1.29, 1.82) is 0 Å². The maximum absolute atomic E-state index is 10.2. The summed E-state index contributed by atoms with van der Waals surface area (Å²) in [6.45, 7) is 8.73. The van der Waals surface area contributed by atoms with Gasteiger partial charge >= 0.3 is 17.9 Å². The number of carbonyl (C=O) groups is 3. The lowest BCUT2D eigenvalue weighted by molar-refractivity contribution is -0.140. The highest BCUT2D eigenvalue weighted by Gasteiger charge is 2.17. The molecule has 0 rings (SSSR count). The lowest BCUT2D eigenvalue weighted by atomic mass is 10.0. The molecule has 0 amide bonds. The van der Waals surface area contributed by atoms with Crippen LogP contribution in [-0.2, 0) is 14.4 Å². The van der Waals surface area contributed by atoms with E-state index in [4.69, 9.17) is 32.5 Å². The first kappa shape index (κ1) is 26.2. The molecule has 0 saturated heterocycles. The normalized spacial score (nSPS) is 15.0. The van der Waals surface area contributed by atoms with Crippen molar-refractivity contribution >= 4 is 17.9 Å². The van der Waals surface area contributed by atoms with Crippen molar-refractivity contribution in [2.45, 2.75) is 59.2 Å². The van der Waals surface area contributed by atoms with Crippen LogP contribution >= 0.6 is 0 Å². The quantitative estimate of drug-likeness (QED) is 0.384. The van der Waals surface area contributed by atoms with E-state index in [-0.39, 0.29) is 11.8 Å². The van der Waals surface area contributed by atoms with Crippen molar-refractivity contribution in [2.24, 2.45) is 29.0 Å². The van der Waals surface area contributed by atoms with Crippen LogP contribution in [0.15, 0.2) is 0 Å². The second-order valence-corrected chi connectivity index (χ2v) is 5.48. The predicted molar refractivity (Wildman–Crippen MR) is 86.8 cm³/mol. The average molecular weight is 337 g/mol. The third-order valence-electron chi connectivity index (χ3n) is 2.94. The number of carboxylic acid groups (broad SMARTS) is 3. The van der Waals surface area contributed by atoms with Crippen molar-refractivity contribution in [3.63, 3.8) is 0 Å². The molecule has 0 heterocycles. The van der Waals surface area contributed by atoms with E-state index in [9.17, 15) is 14.4 Å². The Morgan fingerprint density at radius 3 is 1.13 bits per heavy atom. The van der Waals surface area contributed by atoms with Crippen molar-refractivity contribution in [2.75, 3.05) is 0 Å². The molecule has 138 valence electrons. The Morgan fingerprint density at radius 2 is 1.09 bits per heavy atom. The van der Waals surface area contributed by atoms with Gasteiger partial charge in [0.05, 0.1) is 0 Å². The summed E-state index contributed by atoms with van der Waals surface area (Å²) in [5.41, 5.74) is 15.3. The van der Waals surface area contributed by atoms with Crippen LogP contribution in [0.3, 0.4) is 0 Å². The summed E-state index contributed by atoms with van der Waals surface area (Å²) in [5, 5.41) is 24.5. The highest BCUT2D eigenvalue weighted by atomic mass is 16.4. The van der Waals surface area contributed by atoms with E-state index in [1.54, 1.807) is 13.8 Å². The topological polar surface area (TPSA) is 190 Å². The van der Waals surface area contributed by atoms with Gasteiger partial charge in [-0.3, -0.25) is 14.4 Å². The summed E-state index contributed by atoms with van der Waals surface area (Å²) in [6, 6.07) is -2.14. The van der Waals surface area contributed by atoms with E-state index in [0.29, 0.717) is 0 Å². The van der Waals surface area contributed by atoms with Crippen molar-refractivity contribution < 1.29 is 29.7 Å². The second kappa shape index (κ2) is 13.9. The van der Waals surface area contributed by atoms with Crippen LogP contribution in [0.5, 0.6) is 0 Å². The van der Waals surface area contributed by atoms with Crippen LogP contribution in [0.1, 0.15) is 41.0 Å². The average Bonchev–Trinajstić information content (AvgIpc) is 2.45. The Balaban J connectivity index is -0.000000266. The Hall–Kier alpha value is -1.71. The van der Waals surface area contributed by atoms with Crippen molar-refractivity contribution in [1.82, 2.24) is 0 Å². The Morgan fingerprint density at radius 1 is 0.783 bits per heavy atom. The van der Waals surface area contributed by atoms with E-state index >= 15 is 0 Å². The Bertz CT molecular complexity index is 360. The molecule has 9 nitrogen and oxygen atoms in total. The van der Waals surface area contributed by atoms with Crippen LogP contribution in [-0.4, -0.2) is 51.4 Å². The molecular weight excluding hydrogens is 306 g/mol. The van der Waals surface area contributed by atoms with Gasteiger partial charge in [-0.1, -0.05) is 34.1 Å². The first-order chi connectivity index (χ1) is 10.3. The van der Waals surface area contributed by atoms with Gasteiger partial charge in [-0.25, -0.2) is 0 Å². The van der Waals surface area contributed by atoms with Gasteiger partial charge in [0.1, 0.15) is 18.1 Å². The lowest BCUT2D eigenvalue weighted by Crippen LogP contribution is -2.36. The van der Waals surface area contributed by atoms with Crippen molar-refractivity contribution in [3.05, 3.63) is 0 Å². The molecule has 0 unspecified atom stereocenters. The van der Waals surface area contributed by atoms with E-state index in [0.717, 1.165) is 6.42 Å². The summed E-state index contributed by atoms with van der Waals surface area (Å²) < 4.78 is 0. The van der Waals surface area contributed by atoms with E-state index in [1.807, 2.05) is 13.8 Å². The molecule has 4 atom stereocenters. The number of nitrogens with two attached hydrogens (primary N) is 3. The van der Waals surface area contributed by atoms with E-state index < -0.39 is 36.0 Å². The molecule has 23 heavy (non-hydrogen) atoms. The van der Waals surface area contributed by atoms with E-state index in [1.165, 1.54) is 6.92 Å². The molecule has 0 spiro atoms. The third-order valence-corrected chi connectivity index (χ3v) is 2.94. The second-order valence-electron chi connectivity index (χ2n) is 5.48. The first-order valence-electron chi connectivity index (χ1n) is 7.24. The monoisotopic (exact) mass is 337 g/mol. The minimum absolute atomic E-state index is 0.0208. The van der Waals surface area contributed by atoms with Gasteiger partial charge in [0.15, 0.2) is 0 Å². The Kier molecular flexibility index (Phi) is 15.9. The lowest BCUT2D eigenvalue weighted by Gasteiger charge is -2.11. The predicted octanol–water partition coefficient (Wildman–Crippen LogP) is -0.0831. The molecule has 0 aromatic rings. The first-order valence-corrected chi connectivity index (χ1v) is 7.24. The minimum atomic E-state index is -0.963. The molecule has 0 aromatic carbocycles. The number of carboxylic acids is 3. The summed E-state index contributed by atoms with van der Waals surface area (Å²) in [5.74, 6) is -2.71. The molecule has 0 aromatic heterocycles. The molecule has 0 aliphatic rings. The fraction of sp³-hybridized carbons (Fsp3) is 0.786. The van der Waals surface area contributed by atoms with Crippen LogP contribution in [0.2, 0.25) is 0 Å². The zero-order valence-electron chi connectivity index (χ0n) is 14.4. The van der Waals surface area contributed by atoms with Gasteiger partial charge < -0.3 is 32.5 Å². The molecule has 0 fully saturated rings. The van der Waals surface area contributed by atoms with Crippen LogP contribution in [0, 0.1) is 11.8 Å². The molecule has 0 aliphatic heterocycles. The van der Waals surface area contributed by atoms with Gasteiger partial charge in [0, 0.05) is 0 Å². The largest absolute Gasteiger partial charge is 0.480 e. The number of aliphatic carboxylic acids is 3. The maximum Gasteiger partial charge on any atom is 0.320 e. The number of rotatable bonds is 6. The molecule has 9 heteroatoms. The fourth-order valence-corrected chi connectivity index (χ4v) is 0.782. The van der Waals surface area contributed by atoms with Crippen LogP contribution in [0.25, 0.3) is 0 Å². The standard InChI is InChI=1S/C6H13NO2.C5H11NO2.C3H7NO2/c1-3-4(2)5(7)6(8)9;1-3(2)4(6)5(7)8;1-2(4)3(5)6/h4-5H,3,7H2,1-2H3,(H,8,9);3-4H,6H2,1-2H3,(H,7,8);2H,4H2,1H3,(H,5,6)/t4-,5-;4-;2-/m000/s1. The summed E-state index contributed by atoms with van der Waals surface area (Å²) >= 11 is 0. The van der Waals surface area contributed by atoms with Gasteiger partial charge in [0.25, 0.3) is 0 Å². The molecular formula is C14H31N3O6. The van der Waals surface area contributed by atoms with Gasteiger partial charge in [-0.2, -0.15) is 0 Å². The smallest absolute Gasteiger partial charge is 0.320 e. The molecule has 9 N–H and O–H groups in total. The summed E-state index contributed by atoms with van der Waals surface area (Å²) in [6.07, 6.45) is 0.813. The van der Waals surface area contributed by atoms with Gasteiger partial charge in [-0.15, -0.1) is 0 Å². The zero-order chi connectivity index (χ0) is 19.3. The highest BCUT2D eigenvalue weighted by molar-refractivity contribution is 5.73. The number of hydrogen-bond donors (Lipinski definition) is 6. The van der Waals surface area contributed by atoms with Crippen LogP contribution < -0.4 is 17.2 Å². The van der Waals surface area contributed by atoms with Gasteiger partial charge in [0.2, 0.25) is 0 Å². The van der Waals surface area contributed by atoms with Gasteiger partial charge in [-0.05, 0) is 18.8 Å². The summed E-state index contributed by atoms with van der Waals surface area (Å²) in [4.78, 5) is 29.8. The minimum Gasteiger partial charge on any atom is -0.480 e. The number of hydrogen-bond acceptors (Lipinski definition) is 6. The maximum atomic E-state index is 10.2. The highest BCUT2D eigenvalue weighted by Crippen LogP contribution is 2.04. The Labute approximate surface area is 136 Å². The van der Waals surface area contributed by atoms with Crippen molar-refractivity contribution in [3.8, 4) is 0 Å². The molecule has 0 bridgehead atoms. The molecule has 0 radical (unpaired) electrons. The third kappa shape index (κ3) is 16.5.